The van der Waals surface area contributed by atoms with Crippen LogP contribution in [0.15, 0.2) is 73.1 Å². The molecule has 240 valence electrons. The van der Waals surface area contributed by atoms with Crippen LogP contribution in [0.5, 0.6) is 0 Å². The molecule has 0 bridgehead atoms. The molecule has 1 atom stereocenters. The number of anilines is 1. The lowest BCUT2D eigenvalue weighted by Crippen LogP contribution is -2.50. The smallest absolute Gasteiger partial charge is 0.251 e. The van der Waals surface area contributed by atoms with Crippen molar-refractivity contribution < 1.29 is 9.59 Å². The number of carbonyl (C=O) groups is 2. The first-order valence-corrected chi connectivity index (χ1v) is 15.4. The summed E-state index contributed by atoms with van der Waals surface area (Å²) in [6, 6.07) is 20.2. The first-order chi connectivity index (χ1) is 21.9. The molecule has 1 saturated carbocycles. The molecular weight excluding hydrogens is 604 g/mol. The summed E-state index contributed by atoms with van der Waals surface area (Å²) < 4.78 is 2.04. The number of aromatic nitrogens is 6. The van der Waals surface area contributed by atoms with Gasteiger partial charge in [0.1, 0.15) is 0 Å². The normalized spacial score (nSPS) is 16.9. The highest BCUT2D eigenvalue weighted by molar-refractivity contribution is 6.17. The number of amides is 2. The van der Waals surface area contributed by atoms with Crippen LogP contribution < -0.4 is 22.1 Å². The minimum absolute atomic E-state index is 0. The Balaban J connectivity index is 0.00000417. The number of nitrogens with two attached hydrogens (primary N) is 3. The largest absolute Gasteiger partial charge is 0.330 e. The van der Waals surface area contributed by atoms with Crippen LogP contribution in [-0.2, 0) is 22.6 Å². The minimum Gasteiger partial charge on any atom is -0.330 e. The number of nitrogens with one attached hydrogen (secondary N) is 1. The molecule has 0 radical (unpaired) electrons. The number of imide groups is 1. The average Bonchev–Trinajstić information content (AvgIpc) is 3.76. The minimum atomic E-state index is -0.917. The van der Waals surface area contributed by atoms with E-state index >= 15 is 0 Å². The molecule has 0 saturated heterocycles. The Morgan fingerprint density at radius 2 is 1.63 bits per heavy atom. The molecule has 1 aliphatic carbocycles. The van der Waals surface area contributed by atoms with Crippen LogP contribution in [0.1, 0.15) is 31.2 Å². The highest BCUT2D eigenvalue weighted by atomic mass is 35.5. The quantitative estimate of drug-likeness (QED) is 0.177. The SMILES string of the molecule is Cl.NCCn1cnc2cc(-c3ccc(C[C@H](N)C(=O)N(c4ccc(-c5nn[nH]n5)cc4)C(=O)[C@H]4CC[C@H](CN)CC4)cc3)ccc21. The van der Waals surface area contributed by atoms with Gasteiger partial charge in [0.15, 0.2) is 0 Å². The molecule has 2 aromatic heterocycles. The van der Waals surface area contributed by atoms with E-state index in [1.807, 2.05) is 35.2 Å². The average molecular weight is 643 g/mol. The Kier molecular flexibility index (Phi) is 10.5. The van der Waals surface area contributed by atoms with E-state index in [0.29, 0.717) is 55.5 Å². The van der Waals surface area contributed by atoms with E-state index < -0.39 is 11.9 Å². The third-order valence-corrected chi connectivity index (χ3v) is 8.75. The summed E-state index contributed by atoms with van der Waals surface area (Å²) >= 11 is 0. The molecule has 6 rings (SSSR count). The zero-order chi connectivity index (χ0) is 31.3. The lowest BCUT2D eigenvalue weighted by atomic mass is 9.81. The predicted molar refractivity (Wildman–Crippen MR) is 180 cm³/mol. The highest BCUT2D eigenvalue weighted by Gasteiger charge is 2.35. The van der Waals surface area contributed by atoms with Gasteiger partial charge in [-0.15, -0.1) is 22.6 Å². The van der Waals surface area contributed by atoms with Crippen LogP contribution in [0, 0.1) is 11.8 Å². The molecule has 13 heteroatoms. The maximum atomic E-state index is 13.9. The summed E-state index contributed by atoms with van der Waals surface area (Å²) in [5.41, 5.74) is 24.2. The molecule has 1 fully saturated rings. The van der Waals surface area contributed by atoms with Crippen LogP contribution in [0.25, 0.3) is 33.5 Å². The number of halogens is 1. The van der Waals surface area contributed by atoms with E-state index in [-0.39, 0.29) is 30.7 Å². The number of aromatic amines is 1. The van der Waals surface area contributed by atoms with E-state index in [4.69, 9.17) is 17.2 Å². The fraction of sp³-hybridized carbons (Fsp3) is 0.333. The maximum absolute atomic E-state index is 13.9. The van der Waals surface area contributed by atoms with Gasteiger partial charge in [-0.05, 0) is 103 Å². The van der Waals surface area contributed by atoms with Crippen LogP contribution in [0.2, 0.25) is 0 Å². The Labute approximate surface area is 273 Å². The van der Waals surface area contributed by atoms with Gasteiger partial charge in [-0.25, -0.2) is 9.88 Å². The molecule has 12 nitrogen and oxygen atoms in total. The van der Waals surface area contributed by atoms with Crippen LogP contribution in [-0.4, -0.2) is 61.1 Å². The number of H-pyrrole nitrogens is 1. The maximum Gasteiger partial charge on any atom is 0.251 e. The van der Waals surface area contributed by atoms with Gasteiger partial charge < -0.3 is 21.8 Å². The molecule has 1 aliphatic rings. The van der Waals surface area contributed by atoms with Crippen molar-refractivity contribution in [1.29, 1.82) is 0 Å². The Hall–Kier alpha value is -4.49. The standard InChI is InChI=1S/C33H38N10O2.ClH/c34-15-16-42-20-37-29-18-26(11-14-30(29)42)23-5-1-21(2-6-23)17-28(36)33(45)43(32(44)25-7-3-22(19-35)4-8-25)27-12-9-24(10-13-27)31-38-40-41-39-31;/h1-2,5-6,9-14,18,20,22,25,28H,3-4,7-8,15-17,19,34-36H2,(H,38,39,40,41);1H/t22-,25-,28-;/m0./s1. The number of hydrogen-bond acceptors (Lipinski definition) is 9. The molecule has 46 heavy (non-hydrogen) atoms. The number of tetrazole rings is 1. The molecule has 7 N–H and O–H groups in total. The van der Waals surface area contributed by atoms with Gasteiger partial charge in [-0.2, -0.15) is 5.21 Å². The number of hydrogen-bond donors (Lipinski definition) is 4. The van der Waals surface area contributed by atoms with Gasteiger partial charge in [0.25, 0.3) is 5.91 Å². The monoisotopic (exact) mass is 642 g/mol. The molecule has 0 unspecified atom stereocenters. The fourth-order valence-electron chi connectivity index (χ4n) is 6.14. The summed E-state index contributed by atoms with van der Waals surface area (Å²) in [6.07, 6.45) is 5.22. The van der Waals surface area contributed by atoms with Crippen molar-refractivity contribution in [1.82, 2.24) is 30.2 Å². The van der Waals surface area contributed by atoms with E-state index in [1.54, 1.807) is 24.3 Å². The van der Waals surface area contributed by atoms with Crippen LogP contribution in [0.4, 0.5) is 5.69 Å². The topological polar surface area (TPSA) is 188 Å². The zero-order valence-electron chi connectivity index (χ0n) is 25.5. The van der Waals surface area contributed by atoms with Crippen LogP contribution in [0.3, 0.4) is 0 Å². The number of imidazole rings is 1. The summed E-state index contributed by atoms with van der Waals surface area (Å²) in [5, 5.41) is 14.1. The number of fused-ring (bicyclic) bond motifs is 1. The molecule has 0 aliphatic heterocycles. The van der Waals surface area contributed by atoms with Gasteiger partial charge in [-0.1, -0.05) is 30.3 Å². The van der Waals surface area contributed by atoms with Crippen molar-refractivity contribution >= 4 is 40.9 Å². The Morgan fingerprint density at radius 1 is 0.935 bits per heavy atom. The second-order valence-electron chi connectivity index (χ2n) is 11.7. The first kappa shape index (κ1) is 32.9. The molecular formula is C33H39ClN10O2. The van der Waals surface area contributed by atoms with Crippen LogP contribution >= 0.6 is 12.4 Å². The van der Waals surface area contributed by atoms with E-state index in [2.05, 4.69) is 43.8 Å². The van der Waals surface area contributed by atoms with Gasteiger partial charge in [-0.3, -0.25) is 9.59 Å². The molecule has 5 aromatic rings. The summed E-state index contributed by atoms with van der Waals surface area (Å²) in [4.78, 5) is 33.6. The third kappa shape index (κ3) is 7.00. The number of benzene rings is 3. The zero-order valence-corrected chi connectivity index (χ0v) is 26.3. The molecule has 3 aromatic carbocycles. The number of rotatable bonds is 10. The fourth-order valence-corrected chi connectivity index (χ4v) is 6.14. The van der Waals surface area contributed by atoms with Crippen molar-refractivity contribution in [3.63, 3.8) is 0 Å². The molecule has 2 heterocycles. The third-order valence-electron chi connectivity index (χ3n) is 8.75. The predicted octanol–water partition coefficient (Wildman–Crippen LogP) is 3.46. The first-order valence-electron chi connectivity index (χ1n) is 15.4. The molecule has 0 spiro atoms. The Morgan fingerprint density at radius 3 is 2.28 bits per heavy atom. The summed E-state index contributed by atoms with van der Waals surface area (Å²) in [5.74, 6) is -0.0897. The van der Waals surface area contributed by atoms with E-state index in [1.165, 1.54) is 4.90 Å². The molecule has 2 amide bonds. The van der Waals surface area contributed by atoms with Crippen molar-refractivity contribution in [2.24, 2.45) is 29.0 Å². The van der Waals surface area contributed by atoms with Crippen molar-refractivity contribution in [3.05, 3.63) is 78.6 Å². The van der Waals surface area contributed by atoms with Gasteiger partial charge in [0, 0.05) is 24.6 Å². The summed E-state index contributed by atoms with van der Waals surface area (Å²) in [6.45, 7) is 1.88. The second-order valence-corrected chi connectivity index (χ2v) is 11.7. The Bertz CT molecular complexity index is 1750. The lowest BCUT2D eigenvalue weighted by molar-refractivity contribution is -0.130. The van der Waals surface area contributed by atoms with E-state index in [0.717, 1.165) is 40.6 Å². The lowest BCUT2D eigenvalue weighted by Gasteiger charge is -2.32. The second kappa shape index (κ2) is 14.7. The van der Waals surface area contributed by atoms with Crippen molar-refractivity contribution in [2.45, 2.75) is 44.7 Å². The van der Waals surface area contributed by atoms with E-state index in [9.17, 15) is 9.59 Å². The number of nitrogens with zero attached hydrogens (tertiary/aromatic N) is 6. The highest BCUT2D eigenvalue weighted by Crippen LogP contribution is 2.32. The van der Waals surface area contributed by atoms with Gasteiger partial charge in [0.05, 0.1) is 29.1 Å². The van der Waals surface area contributed by atoms with Crippen molar-refractivity contribution in [3.8, 4) is 22.5 Å². The van der Waals surface area contributed by atoms with Gasteiger partial charge in [0.2, 0.25) is 11.7 Å². The van der Waals surface area contributed by atoms with Gasteiger partial charge >= 0.3 is 0 Å². The summed E-state index contributed by atoms with van der Waals surface area (Å²) in [7, 11) is 0. The van der Waals surface area contributed by atoms with Crippen molar-refractivity contribution in [2.75, 3.05) is 18.0 Å². The number of carbonyl (C=O) groups excluding carboxylic acids is 2.